The van der Waals surface area contributed by atoms with Gasteiger partial charge in [-0.2, -0.15) is 0 Å². The molecule has 98 valence electrons. The number of carbonyl (C=O) groups excluding carboxylic acids is 1. The lowest BCUT2D eigenvalue weighted by atomic mass is 10.3. The van der Waals surface area contributed by atoms with Crippen molar-refractivity contribution in [1.29, 1.82) is 0 Å². The van der Waals surface area contributed by atoms with Crippen LogP contribution < -0.4 is 4.74 Å². The molecule has 0 aliphatic rings. The van der Waals surface area contributed by atoms with Crippen LogP contribution in [0.2, 0.25) is 5.02 Å². The maximum absolute atomic E-state index is 11.8. The largest absolute Gasteiger partial charge is 0.484 e. The first-order chi connectivity index (χ1) is 9.08. The normalized spacial score (nSPS) is 10.2. The molecule has 0 amide bonds. The number of Topliss-reactive ketones (excluding diaryl/α,β-unsaturated/α-hetero) is 1. The number of aromatic carboxylic acids is 1. The molecule has 0 saturated heterocycles. The number of carbonyl (C=O) groups is 2. The van der Waals surface area contributed by atoms with Gasteiger partial charge in [0.15, 0.2) is 17.3 Å². The lowest BCUT2D eigenvalue weighted by molar-refractivity contribution is 0.0691. The quantitative estimate of drug-likeness (QED) is 0.859. The smallest absolute Gasteiger partial charge is 0.355 e. The number of hydrogen-bond acceptors (Lipinski definition) is 5. The molecule has 2 aromatic rings. The highest BCUT2D eigenvalue weighted by Crippen LogP contribution is 2.23. The van der Waals surface area contributed by atoms with E-state index in [2.05, 4.69) is 4.98 Å². The molecule has 1 aromatic carbocycles. The zero-order valence-corrected chi connectivity index (χ0v) is 11.1. The van der Waals surface area contributed by atoms with E-state index < -0.39 is 11.8 Å². The first kappa shape index (κ1) is 13.5. The number of hydrogen-bond donors (Lipinski definition) is 1. The summed E-state index contributed by atoms with van der Waals surface area (Å²) in [6.07, 6.45) is 0. The summed E-state index contributed by atoms with van der Waals surface area (Å²) in [7, 11) is 0. The molecule has 7 heteroatoms. The van der Waals surface area contributed by atoms with Crippen LogP contribution in [0.1, 0.15) is 20.3 Å². The average Bonchev–Trinajstić information content (AvgIpc) is 2.87. The van der Waals surface area contributed by atoms with Crippen molar-refractivity contribution in [2.75, 3.05) is 6.61 Å². The number of ether oxygens (including phenoxy) is 1. The van der Waals surface area contributed by atoms with Crippen LogP contribution in [0, 0.1) is 0 Å². The van der Waals surface area contributed by atoms with E-state index in [9.17, 15) is 9.59 Å². The van der Waals surface area contributed by atoms with Crippen LogP contribution >= 0.6 is 22.9 Å². The van der Waals surface area contributed by atoms with Gasteiger partial charge in [0.2, 0.25) is 5.78 Å². The fourth-order valence-electron chi connectivity index (χ4n) is 1.27. The predicted molar refractivity (Wildman–Crippen MR) is 70.4 cm³/mol. The zero-order valence-electron chi connectivity index (χ0n) is 9.50. The molecule has 2 rings (SSSR count). The van der Waals surface area contributed by atoms with Gasteiger partial charge in [-0.25, -0.2) is 9.78 Å². The van der Waals surface area contributed by atoms with E-state index >= 15 is 0 Å². The van der Waals surface area contributed by atoms with Gasteiger partial charge in [-0.15, -0.1) is 11.3 Å². The Balaban J connectivity index is 2.01. The van der Waals surface area contributed by atoms with Crippen molar-refractivity contribution in [1.82, 2.24) is 4.98 Å². The van der Waals surface area contributed by atoms with Crippen LogP contribution in [0.5, 0.6) is 5.75 Å². The van der Waals surface area contributed by atoms with Gasteiger partial charge in [0, 0.05) is 5.38 Å². The summed E-state index contributed by atoms with van der Waals surface area (Å²) in [5, 5.41) is 10.5. The van der Waals surface area contributed by atoms with Crippen LogP contribution in [0.4, 0.5) is 0 Å². The Hall–Kier alpha value is -1.92. The molecular formula is C12H8ClNO4S. The number of aromatic nitrogens is 1. The molecule has 1 N–H and O–H groups in total. The highest BCUT2D eigenvalue weighted by Gasteiger charge is 2.15. The van der Waals surface area contributed by atoms with E-state index in [1.807, 2.05) is 0 Å². The first-order valence-corrected chi connectivity index (χ1v) is 6.43. The summed E-state index contributed by atoms with van der Waals surface area (Å²) in [6.45, 7) is -0.240. The summed E-state index contributed by atoms with van der Waals surface area (Å²) in [5.74, 6) is -1.16. The molecule has 1 heterocycles. The molecule has 0 radical (unpaired) electrons. The summed E-state index contributed by atoms with van der Waals surface area (Å²) >= 11 is 6.84. The average molecular weight is 298 g/mol. The van der Waals surface area contributed by atoms with E-state index in [-0.39, 0.29) is 17.3 Å². The topological polar surface area (TPSA) is 76.5 Å². The van der Waals surface area contributed by atoms with Gasteiger partial charge < -0.3 is 9.84 Å². The number of para-hydroxylation sites is 1. The Morgan fingerprint density at radius 1 is 1.37 bits per heavy atom. The van der Waals surface area contributed by atoms with E-state index in [4.69, 9.17) is 21.4 Å². The molecular weight excluding hydrogens is 290 g/mol. The predicted octanol–water partition coefficient (Wildman–Crippen LogP) is 2.76. The summed E-state index contributed by atoms with van der Waals surface area (Å²) in [4.78, 5) is 26.1. The van der Waals surface area contributed by atoms with E-state index in [1.165, 1.54) is 5.38 Å². The van der Waals surface area contributed by atoms with Crippen molar-refractivity contribution in [2.24, 2.45) is 0 Å². The number of nitrogens with zero attached hydrogens (tertiary/aromatic N) is 1. The van der Waals surface area contributed by atoms with Crippen LogP contribution in [-0.4, -0.2) is 28.4 Å². The van der Waals surface area contributed by atoms with Gasteiger partial charge in [-0.3, -0.25) is 4.79 Å². The molecule has 0 spiro atoms. The Bertz CT molecular complexity index is 626. The minimum absolute atomic E-state index is 0.101. The van der Waals surface area contributed by atoms with Crippen LogP contribution in [0.3, 0.4) is 0 Å². The molecule has 0 saturated carbocycles. The van der Waals surface area contributed by atoms with Crippen molar-refractivity contribution in [3.05, 3.63) is 45.4 Å². The lowest BCUT2D eigenvalue weighted by Gasteiger charge is -2.05. The summed E-state index contributed by atoms with van der Waals surface area (Å²) in [6, 6.07) is 6.77. The first-order valence-electron chi connectivity index (χ1n) is 5.17. The Kier molecular flexibility index (Phi) is 4.13. The minimum atomic E-state index is -1.16. The third-order valence-corrected chi connectivity index (χ3v) is 3.35. The molecule has 5 nitrogen and oxygen atoms in total. The van der Waals surface area contributed by atoms with Crippen molar-refractivity contribution in [3.63, 3.8) is 0 Å². The van der Waals surface area contributed by atoms with Gasteiger partial charge in [0.1, 0.15) is 5.75 Å². The van der Waals surface area contributed by atoms with Crippen LogP contribution in [-0.2, 0) is 0 Å². The Morgan fingerprint density at radius 3 is 2.74 bits per heavy atom. The van der Waals surface area contributed by atoms with Crippen molar-refractivity contribution in [3.8, 4) is 5.75 Å². The number of carboxylic acid groups (broad SMARTS) is 1. The Morgan fingerprint density at radius 2 is 2.11 bits per heavy atom. The Labute approximate surface area is 117 Å². The second-order valence-electron chi connectivity index (χ2n) is 3.49. The van der Waals surface area contributed by atoms with Crippen molar-refractivity contribution in [2.45, 2.75) is 0 Å². The fraction of sp³-hybridized carbons (Fsp3) is 0.0833. The second kappa shape index (κ2) is 5.81. The van der Waals surface area contributed by atoms with Crippen molar-refractivity contribution >= 4 is 34.7 Å². The molecule has 0 atom stereocenters. The molecule has 19 heavy (non-hydrogen) atoms. The van der Waals surface area contributed by atoms with Crippen LogP contribution in [0.15, 0.2) is 29.6 Å². The third kappa shape index (κ3) is 3.30. The number of benzene rings is 1. The molecule has 0 aliphatic heterocycles. The standard InChI is InChI=1S/C12H8ClNO4S/c13-7-3-1-2-4-10(7)18-5-9(15)11-14-8(6-19-11)12(16)17/h1-4,6H,5H2,(H,16,17). The molecule has 1 aromatic heterocycles. The van der Waals surface area contributed by atoms with Gasteiger partial charge in [0.05, 0.1) is 5.02 Å². The summed E-state index contributed by atoms with van der Waals surface area (Å²) < 4.78 is 5.26. The number of rotatable bonds is 5. The molecule has 0 bridgehead atoms. The van der Waals surface area contributed by atoms with Crippen molar-refractivity contribution < 1.29 is 19.4 Å². The highest BCUT2D eigenvalue weighted by molar-refractivity contribution is 7.12. The monoisotopic (exact) mass is 297 g/mol. The minimum Gasteiger partial charge on any atom is -0.484 e. The number of thiazole rings is 1. The maximum Gasteiger partial charge on any atom is 0.355 e. The maximum atomic E-state index is 11.8. The lowest BCUT2D eigenvalue weighted by Crippen LogP contribution is -2.12. The SMILES string of the molecule is O=C(O)c1csc(C(=O)COc2ccccc2Cl)n1. The zero-order chi connectivity index (χ0) is 13.8. The molecule has 0 fully saturated rings. The van der Waals surface area contributed by atoms with Gasteiger partial charge in [-0.1, -0.05) is 23.7 Å². The number of ketones is 1. The van der Waals surface area contributed by atoms with E-state index in [1.54, 1.807) is 24.3 Å². The van der Waals surface area contributed by atoms with Gasteiger partial charge in [0.25, 0.3) is 0 Å². The third-order valence-electron chi connectivity index (χ3n) is 2.16. The van der Waals surface area contributed by atoms with E-state index in [0.717, 1.165) is 11.3 Å². The van der Waals surface area contributed by atoms with Gasteiger partial charge in [-0.05, 0) is 12.1 Å². The second-order valence-corrected chi connectivity index (χ2v) is 4.75. The summed E-state index contributed by atoms with van der Waals surface area (Å²) in [5.41, 5.74) is -0.147. The van der Waals surface area contributed by atoms with Gasteiger partial charge >= 0.3 is 5.97 Å². The molecule has 0 unspecified atom stereocenters. The molecule has 0 aliphatic carbocycles. The number of halogens is 1. The van der Waals surface area contributed by atoms with E-state index in [0.29, 0.717) is 10.8 Å². The number of carboxylic acids is 1. The highest BCUT2D eigenvalue weighted by atomic mass is 35.5. The fourth-order valence-corrected chi connectivity index (χ4v) is 2.18. The van der Waals surface area contributed by atoms with Crippen LogP contribution in [0.25, 0.3) is 0 Å².